The summed E-state index contributed by atoms with van der Waals surface area (Å²) in [4.78, 5) is 43.8. The number of hydrogen-bond donors (Lipinski definition) is 2. The van der Waals surface area contributed by atoms with E-state index in [4.69, 9.17) is 4.74 Å². The van der Waals surface area contributed by atoms with E-state index in [2.05, 4.69) is 15.3 Å². The molecule has 0 saturated heterocycles. The summed E-state index contributed by atoms with van der Waals surface area (Å²) in [6, 6.07) is 6.49. The van der Waals surface area contributed by atoms with Crippen molar-refractivity contribution in [3.8, 4) is 0 Å². The number of anilines is 1. The molecule has 0 aliphatic rings. The number of benzene rings is 1. The maximum atomic E-state index is 12.6. The van der Waals surface area contributed by atoms with Crippen LogP contribution in [0.2, 0.25) is 0 Å². The van der Waals surface area contributed by atoms with E-state index < -0.39 is 5.97 Å². The maximum absolute atomic E-state index is 12.6. The molecule has 128 valence electrons. The lowest BCUT2D eigenvalue weighted by Gasteiger charge is -2.07. The molecule has 2 aromatic heterocycles. The minimum Gasteiger partial charge on any atom is -0.462 e. The van der Waals surface area contributed by atoms with Crippen LogP contribution >= 0.6 is 11.3 Å². The van der Waals surface area contributed by atoms with Crippen LogP contribution in [0.3, 0.4) is 0 Å². The first-order valence-corrected chi connectivity index (χ1v) is 8.38. The van der Waals surface area contributed by atoms with Gasteiger partial charge in [0.05, 0.1) is 28.8 Å². The molecule has 0 spiro atoms. The Labute approximate surface area is 146 Å². The van der Waals surface area contributed by atoms with Crippen molar-refractivity contribution < 1.29 is 14.3 Å². The van der Waals surface area contributed by atoms with Gasteiger partial charge in [-0.1, -0.05) is 6.07 Å². The van der Waals surface area contributed by atoms with Crippen LogP contribution in [-0.4, -0.2) is 28.5 Å². The van der Waals surface area contributed by atoms with Crippen molar-refractivity contribution in [1.82, 2.24) is 9.97 Å². The monoisotopic (exact) mass is 357 g/mol. The number of rotatable bonds is 4. The van der Waals surface area contributed by atoms with Crippen LogP contribution in [0.1, 0.15) is 32.5 Å². The Hall–Kier alpha value is -3.00. The predicted molar refractivity (Wildman–Crippen MR) is 95.3 cm³/mol. The summed E-state index contributed by atoms with van der Waals surface area (Å²) >= 11 is 1.15. The van der Waals surface area contributed by atoms with Gasteiger partial charge in [-0.05, 0) is 37.6 Å². The molecule has 2 heterocycles. The fourth-order valence-electron chi connectivity index (χ4n) is 2.42. The zero-order valence-corrected chi connectivity index (χ0v) is 14.4. The molecule has 0 atom stereocenters. The maximum Gasteiger partial charge on any atom is 0.338 e. The molecule has 3 aromatic rings. The molecule has 1 aromatic carbocycles. The molecule has 25 heavy (non-hydrogen) atoms. The Morgan fingerprint density at radius 3 is 2.88 bits per heavy atom. The van der Waals surface area contributed by atoms with Crippen molar-refractivity contribution in [1.29, 1.82) is 0 Å². The second-order valence-electron chi connectivity index (χ2n) is 5.22. The second-order valence-corrected chi connectivity index (χ2v) is 6.22. The molecule has 1 amide bonds. The first-order chi connectivity index (χ1) is 12.0. The third kappa shape index (κ3) is 3.29. The zero-order chi connectivity index (χ0) is 18.0. The van der Waals surface area contributed by atoms with Crippen molar-refractivity contribution in [2.24, 2.45) is 0 Å². The number of thiophene rings is 1. The third-order valence-corrected chi connectivity index (χ3v) is 4.77. The Balaban J connectivity index is 1.89. The molecule has 0 radical (unpaired) electrons. The van der Waals surface area contributed by atoms with Gasteiger partial charge in [0.2, 0.25) is 0 Å². The number of fused-ring (bicyclic) bond motifs is 1. The van der Waals surface area contributed by atoms with Crippen LogP contribution in [0.25, 0.3) is 10.2 Å². The van der Waals surface area contributed by atoms with Gasteiger partial charge in [-0.25, -0.2) is 9.78 Å². The van der Waals surface area contributed by atoms with Crippen LogP contribution in [0.5, 0.6) is 0 Å². The number of aromatic amines is 1. The standard InChI is InChI=1S/C17H15N3O4S/c1-3-24-17(23)10-5-4-6-11(7-10)20-15(22)13-9(2)12-14(21)18-8-19-16(12)25-13/h4-8H,3H2,1-2H3,(H,20,22)(H,18,19,21). The van der Waals surface area contributed by atoms with Crippen LogP contribution < -0.4 is 10.9 Å². The Morgan fingerprint density at radius 2 is 2.16 bits per heavy atom. The van der Waals surface area contributed by atoms with Crippen molar-refractivity contribution in [2.45, 2.75) is 13.8 Å². The number of esters is 1. The van der Waals surface area contributed by atoms with Gasteiger partial charge in [0.15, 0.2) is 0 Å². The number of aromatic nitrogens is 2. The number of hydrogen-bond acceptors (Lipinski definition) is 6. The molecule has 2 N–H and O–H groups in total. The lowest BCUT2D eigenvalue weighted by Crippen LogP contribution is -2.13. The molecule has 8 heteroatoms. The van der Waals surface area contributed by atoms with E-state index in [0.29, 0.717) is 31.9 Å². The molecule has 0 fully saturated rings. The minimum atomic E-state index is -0.452. The Kier molecular flexibility index (Phi) is 4.62. The fourth-order valence-corrected chi connectivity index (χ4v) is 3.47. The van der Waals surface area contributed by atoms with E-state index >= 15 is 0 Å². The van der Waals surface area contributed by atoms with Crippen LogP contribution in [0, 0.1) is 6.92 Å². The summed E-state index contributed by atoms with van der Waals surface area (Å²) < 4.78 is 4.95. The van der Waals surface area contributed by atoms with Crippen LogP contribution in [0.4, 0.5) is 5.69 Å². The quantitative estimate of drug-likeness (QED) is 0.699. The summed E-state index contributed by atoms with van der Waals surface area (Å²) in [6.45, 7) is 3.71. The average molecular weight is 357 g/mol. The predicted octanol–water partition coefficient (Wildman–Crippen LogP) is 2.72. The highest BCUT2D eigenvalue weighted by molar-refractivity contribution is 7.20. The molecule has 0 aliphatic carbocycles. The van der Waals surface area contributed by atoms with Crippen LogP contribution in [0.15, 0.2) is 35.4 Å². The van der Waals surface area contributed by atoms with E-state index in [9.17, 15) is 14.4 Å². The molecular weight excluding hydrogens is 342 g/mol. The number of carbonyl (C=O) groups excluding carboxylic acids is 2. The number of nitrogens with one attached hydrogen (secondary N) is 2. The number of nitrogens with zero attached hydrogens (tertiary/aromatic N) is 1. The number of aryl methyl sites for hydroxylation is 1. The molecule has 0 unspecified atom stereocenters. The highest BCUT2D eigenvalue weighted by Crippen LogP contribution is 2.27. The topological polar surface area (TPSA) is 101 Å². The Morgan fingerprint density at radius 1 is 1.36 bits per heavy atom. The fraction of sp³-hybridized carbons (Fsp3) is 0.176. The van der Waals surface area contributed by atoms with Crippen molar-refractivity contribution in [3.05, 3.63) is 57.0 Å². The summed E-state index contributed by atoms with van der Waals surface area (Å²) in [5, 5.41) is 3.16. The summed E-state index contributed by atoms with van der Waals surface area (Å²) in [7, 11) is 0. The first kappa shape index (κ1) is 16.8. The number of amides is 1. The smallest absolute Gasteiger partial charge is 0.338 e. The largest absolute Gasteiger partial charge is 0.462 e. The highest BCUT2D eigenvalue weighted by atomic mass is 32.1. The molecule has 0 bridgehead atoms. The van der Waals surface area contributed by atoms with Crippen LogP contribution in [-0.2, 0) is 4.74 Å². The molecule has 7 nitrogen and oxygen atoms in total. The lowest BCUT2D eigenvalue weighted by molar-refractivity contribution is 0.0526. The third-order valence-electron chi connectivity index (χ3n) is 3.57. The number of ether oxygens (including phenoxy) is 1. The van der Waals surface area contributed by atoms with E-state index in [-0.39, 0.29) is 18.1 Å². The van der Waals surface area contributed by atoms with Gasteiger partial charge < -0.3 is 15.0 Å². The average Bonchev–Trinajstić information content (AvgIpc) is 2.93. The van der Waals surface area contributed by atoms with Gasteiger partial charge in [-0.2, -0.15) is 0 Å². The van der Waals surface area contributed by atoms with Crippen molar-refractivity contribution in [3.63, 3.8) is 0 Å². The van der Waals surface area contributed by atoms with Gasteiger partial charge in [0.1, 0.15) is 4.83 Å². The Bertz CT molecular complexity index is 1020. The van der Waals surface area contributed by atoms with Crippen molar-refractivity contribution >= 4 is 39.1 Å². The molecule has 0 aliphatic heterocycles. The van der Waals surface area contributed by atoms with Gasteiger partial charge in [-0.15, -0.1) is 11.3 Å². The zero-order valence-electron chi connectivity index (χ0n) is 13.6. The van der Waals surface area contributed by atoms with E-state index in [0.717, 1.165) is 11.3 Å². The molecule has 3 rings (SSSR count). The van der Waals surface area contributed by atoms with Gasteiger partial charge in [0, 0.05) is 5.69 Å². The minimum absolute atomic E-state index is 0.276. The molecular formula is C17H15N3O4S. The van der Waals surface area contributed by atoms with E-state index in [1.54, 1.807) is 38.1 Å². The van der Waals surface area contributed by atoms with Gasteiger partial charge in [-0.3, -0.25) is 9.59 Å². The second kappa shape index (κ2) is 6.86. The summed E-state index contributed by atoms with van der Waals surface area (Å²) in [6.07, 6.45) is 1.31. The van der Waals surface area contributed by atoms with Gasteiger partial charge in [0.25, 0.3) is 11.5 Å². The SMILES string of the molecule is CCOC(=O)c1cccc(NC(=O)c2sc3nc[nH]c(=O)c3c2C)c1. The normalized spacial score (nSPS) is 10.6. The lowest BCUT2D eigenvalue weighted by atomic mass is 10.2. The number of carbonyl (C=O) groups is 2. The summed E-state index contributed by atoms with van der Waals surface area (Å²) in [5.41, 5.74) is 1.12. The number of H-pyrrole nitrogens is 1. The first-order valence-electron chi connectivity index (χ1n) is 7.56. The highest BCUT2D eigenvalue weighted by Gasteiger charge is 2.18. The van der Waals surface area contributed by atoms with Crippen molar-refractivity contribution in [2.75, 3.05) is 11.9 Å². The van der Waals surface area contributed by atoms with E-state index in [1.807, 2.05) is 0 Å². The summed E-state index contributed by atoms with van der Waals surface area (Å²) in [5.74, 6) is -0.812. The van der Waals surface area contributed by atoms with Gasteiger partial charge >= 0.3 is 5.97 Å². The molecule has 0 saturated carbocycles. The van der Waals surface area contributed by atoms with E-state index in [1.165, 1.54) is 6.33 Å².